The van der Waals surface area contributed by atoms with Crippen molar-refractivity contribution in [1.82, 2.24) is 0 Å². The van der Waals surface area contributed by atoms with Crippen molar-refractivity contribution in [2.75, 3.05) is 0 Å². The van der Waals surface area contributed by atoms with Gasteiger partial charge in [0.25, 0.3) is 5.78 Å². The van der Waals surface area contributed by atoms with Crippen LogP contribution in [0.3, 0.4) is 0 Å². The van der Waals surface area contributed by atoms with E-state index in [2.05, 4.69) is 4.42 Å². The van der Waals surface area contributed by atoms with Gasteiger partial charge in [0, 0.05) is 6.08 Å². The van der Waals surface area contributed by atoms with Crippen LogP contribution in [0.5, 0.6) is 0 Å². The van der Waals surface area contributed by atoms with Crippen LogP contribution in [0.15, 0.2) is 42.0 Å². The van der Waals surface area contributed by atoms with Crippen LogP contribution in [0.1, 0.15) is 41.2 Å². The molecule has 0 radical (unpaired) electrons. The number of halogens is 3. The van der Waals surface area contributed by atoms with Crippen molar-refractivity contribution in [3.63, 3.8) is 0 Å². The zero-order valence-electron chi connectivity index (χ0n) is 11.7. The smallest absolute Gasteiger partial charge is 0.264 e. The summed E-state index contributed by atoms with van der Waals surface area (Å²) in [7, 11) is 0. The van der Waals surface area contributed by atoms with E-state index in [1.165, 1.54) is 11.6 Å². The molecule has 0 atom stereocenters. The molecule has 0 bridgehead atoms. The summed E-state index contributed by atoms with van der Waals surface area (Å²) in [6.07, 6.45) is 2.48. The molecule has 1 saturated carbocycles. The number of rotatable bonds is 0. The Balaban J connectivity index is 2.08. The van der Waals surface area contributed by atoms with Gasteiger partial charge in [-0.3, -0.25) is 4.42 Å². The Labute approximate surface area is 125 Å². The van der Waals surface area contributed by atoms with Crippen molar-refractivity contribution in [3.8, 4) is 0 Å². The number of benzene rings is 1. The topological polar surface area (TPSA) is 28.4 Å². The molecule has 2 aliphatic carbocycles. The number of carbonyl (C=O) groups is 1. The Kier molecular flexibility index (Phi) is 3.72. The summed E-state index contributed by atoms with van der Waals surface area (Å²) >= 11 is 0. The van der Waals surface area contributed by atoms with E-state index in [4.69, 9.17) is 0 Å². The van der Waals surface area contributed by atoms with Gasteiger partial charge in [-0.2, -0.15) is 13.2 Å². The minimum absolute atomic E-state index is 0.0553. The van der Waals surface area contributed by atoms with Crippen LogP contribution in [-0.4, -0.2) is 17.9 Å². The van der Waals surface area contributed by atoms with Gasteiger partial charge in [0.1, 0.15) is 0 Å². The lowest BCUT2D eigenvalue weighted by Gasteiger charge is -2.15. The van der Waals surface area contributed by atoms with Crippen molar-refractivity contribution in [2.24, 2.45) is 0 Å². The van der Waals surface area contributed by atoms with Crippen LogP contribution in [0, 0.1) is 0 Å². The van der Waals surface area contributed by atoms with E-state index in [-0.39, 0.29) is 5.78 Å². The summed E-state index contributed by atoms with van der Waals surface area (Å²) in [6, 6.07) is 7.07. The predicted molar refractivity (Wildman–Crippen MR) is 76.4 cm³/mol. The second-order valence-electron chi connectivity index (χ2n) is 5.35. The third kappa shape index (κ3) is 2.75. The molecular weight excluding hydrogens is 293 g/mol. The van der Waals surface area contributed by atoms with E-state index in [1.807, 2.05) is 12.1 Å². The Bertz CT molecular complexity index is 701. The Morgan fingerprint density at radius 3 is 2.27 bits per heavy atom. The van der Waals surface area contributed by atoms with Gasteiger partial charge >= 0.3 is 12.1 Å². The largest absolute Gasteiger partial charge is 0.687 e. The van der Waals surface area contributed by atoms with Crippen LogP contribution in [0.25, 0.3) is 5.57 Å². The molecule has 114 valence electrons. The molecule has 0 unspecified atom stereocenters. The van der Waals surface area contributed by atoms with E-state index in [0.29, 0.717) is 5.56 Å². The molecule has 0 heterocycles. The molecule has 0 aromatic heterocycles. The van der Waals surface area contributed by atoms with Crippen molar-refractivity contribution in [2.45, 2.75) is 31.9 Å². The first kappa shape index (κ1) is 14.8. The minimum atomic E-state index is -5.00. The van der Waals surface area contributed by atoms with E-state index < -0.39 is 12.1 Å². The van der Waals surface area contributed by atoms with Crippen LogP contribution >= 0.6 is 0 Å². The third-order valence-electron chi connectivity index (χ3n) is 3.91. The normalized spacial score (nSPS) is 19.7. The molecule has 1 aromatic carbocycles. The summed E-state index contributed by atoms with van der Waals surface area (Å²) in [5, 5.41) is 0. The van der Waals surface area contributed by atoms with Gasteiger partial charge in [-0.1, -0.05) is 23.8 Å². The Morgan fingerprint density at radius 2 is 1.64 bits per heavy atom. The molecule has 2 aliphatic rings. The number of hydrogen-bond donors (Lipinski definition) is 0. The minimum Gasteiger partial charge on any atom is -0.264 e. The number of carbonyl (C=O) groups excluding carboxylic acids is 2. The number of fused-ring (bicyclic) bond motifs is 1. The van der Waals surface area contributed by atoms with Gasteiger partial charge in [-0.15, -0.1) is 0 Å². The van der Waals surface area contributed by atoms with Crippen molar-refractivity contribution in [1.29, 1.82) is 0 Å². The zero-order valence-corrected chi connectivity index (χ0v) is 11.7. The second-order valence-corrected chi connectivity index (χ2v) is 5.35. The number of hydrogen-bond acceptors (Lipinski definition) is 1. The van der Waals surface area contributed by atoms with Crippen molar-refractivity contribution in [3.05, 3.63) is 53.1 Å². The second kappa shape index (κ2) is 5.55. The van der Waals surface area contributed by atoms with E-state index in [1.54, 1.807) is 18.2 Å². The number of allylic oxidation sites excluding steroid dienone is 4. The summed E-state index contributed by atoms with van der Waals surface area (Å²) in [5.41, 5.74) is 3.70. The van der Waals surface area contributed by atoms with Crippen LogP contribution in [-0.2, 0) is 4.79 Å². The van der Waals surface area contributed by atoms with Crippen LogP contribution in [0.4, 0.5) is 13.2 Å². The molecule has 0 saturated heterocycles. The summed E-state index contributed by atoms with van der Waals surface area (Å²) in [6.45, 7) is 0. The summed E-state index contributed by atoms with van der Waals surface area (Å²) < 4.78 is 41.7. The molecule has 0 amide bonds. The van der Waals surface area contributed by atoms with Crippen LogP contribution in [0.2, 0.25) is 0 Å². The highest BCUT2D eigenvalue weighted by atomic mass is 19.4. The zero-order chi connectivity index (χ0) is 15.7. The molecule has 22 heavy (non-hydrogen) atoms. The van der Waals surface area contributed by atoms with Gasteiger partial charge in [0.2, 0.25) is 0 Å². The maximum absolute atomic E-state index is 12.4. The predicted octanol–water partition coefficient (Wildman–Crippen LogP) is 4.39. The van der Waals surface area contributed by atoms with Gasteiger partial charge in [0.05, 0.1) is 10.4 Å². The monoisotopic (exact) mass is 307 g/mol. The molecule has 5 heteroatoms. The highest BCUT2D eigenvalue weighted by Gasteiger charge is 2.52. The first-order valence-electron chi connectivity index (χ1n) is 7.12. The molecular formula is C17H14F3O2+. The summed E-state index contributed by atoms with van der Waals surface area (Å²) in [5.74, 6) is -2.25. The van der Waals surface area contributed by atoms with Crippen molar-refractivity contribution >= 4 is 17.3 Å². The van der Waals surface area contributed by atoms with Crippen molar-refractivity contribution < 1.29 is 22.4 Å². The maximum atomic E-state index is 12.4. The van der Waals surface area contributed by atoms with Gasteiger partial charge in [-0.05, 0) is 49.0 Å². The van der Waals surface area contributed by atoms with Gasteiger partial charge in [-0.25, -0.2) is 0 Å². The fourth-order valence-electron chi connectivity index (χ4n) is 2.90. The van der Waals surface area contributed by atoms with Crippen LogP contribution < -0.4 is 0 Å². The third-order valence-corrected chi connectivity index (χ3v) is 3.91. The van der Waals surface area contributed by atoms with Gasteiger partial charge < -0.3 is 0 Å². The molecule has 1 aromatic rings. The maximum Gasteiger partial charge on any atom is 0.687 e. The SMILES string of the molecule is O=C([O+]=C1C=CC(=C2CCCC2)c2ccccc21)C(F)(F)F. The average Bonchev–Trinajstić information content (AvgIpc) is 3.00. The fourth-order valence-corrected chi connectivity index (χ4v) is 2.90. The molecule has 3 rings (SSSR count). The molecule has 0 N–H and O–H groups in total. The first-order valence-corrected chi connectivity index (χ1v) is 7.12. The molecule has 0 spiro atoms. The first-order chi connectivity index (χ1) is 10.5. The lowest BCUT2D eigenvalue weighted by atomic mass is 9.88. The molecule has 2 nitrogen and oxygen atoms in total. The summed E-state index contributed by atoms with van der Waals surface area (Å²) in [4.78, 5) is 11.1. The van der Waals surface area contributed by atoms with E-state index in [9.17, 15) is 18.0 Å². The quantitative estimate of drug-likeness (QED) is 0.653. The van der Waals surface area contributed by atoms with E-state index >= 15 is 0 Å². The van der Waals surface area contributed by atoms with E-state index in [0.717, 1.165) is 36.8 Å². The lowest BCUT2D eigenvalue weighted by molar-refractivity contribution is -0.292. The molecule has 0 aliphatic heterocycles. The highest BCUT2D eigenvalue weighted by Crippen LogP contribution is 2.36. The Hall–Kier alpha value is -2.17. The molecule has 1 fully saturated rings. The van der Waals surface area contributed by atoms with Gasteiger partial charge in [0.15, 0.2) is 0 Å². The number of alkyl halides is 3. The standard InChI is InChI=1S/C17H14F3O2/c18-17(19,20)16(21)22-15-10-9-12(11-5-1-2-6-11)13-7-3-4-8-14(13)15/h3-4,7-10H,1-2,5-6H2/q+1. The average molecular weight is 307 g/mol. The fraction of sp³-hybridized carbons (Fsp3) is 0.294. The number of ketones is 1. The Morgan fingerprint density at radius 1 is 1.00 bits per heavy atom. The lowest BCUT2D eigenvalue weighted by Crippen LogP contribution is -2.23. The highest BCUT2D eigenvalue weighted by molar-refractivity contribution is 6.14.